The van der Waals surface area contributed by atoms with Gasteiger partial charge in [-0.3, -0.25) is 4.90 Å². The van der Waals surface area contributed by atoms with Gasteiger partial charge in [0.25, 0.3) is 0 Å². The van der Waals surface area contributed by atoms with Crippen LogP contribution >= 0.6 is 0 Å². The van der Waals surface area contributed by atoms with E-state index < -0.39 is 0 Å². The van der Waals surface area contributed by atoms with Gasteiger partial charge in [0.05, 0.1) is 12.0 Å². The van der Waals surface area contributed by atoms with Crippen molar-refractivity contribution < 1.29 is 0 Å². The van der Waals surface area contributed by atoms with Crippen molar-refractivity contribution in [2.45, 2.75) is 45.8 Å². The minimum Gasteiger partial charge on any atom is -0.334 e. The highest BCUT2D eigenvalue weighted by Gasteiger charge is 2.25. The van der Waals surface area contributed by atoms with Gasteiger partial charge in [-0.25, -0.2) is 4.98 Å². The van der Waals surface area contributed by atoms with E-state index in [4.69, 9.17) is 5.73 Å². The van der Waals surface area contributed by atoms with E-state index in [-0.39, 0.29) is 0 Å². The second kappa shape index (κ2) is 5.65. The predicted octanol–water partition coefficient (Wildman–Crippen LogP) is 1.46. The Morgan fingerprint density at radius 3 is 3.00 bits per heavy atom. The van der Waals surface area contributed by atoms with Crippen molar-refractivity contribution in [3.63, 3.8) is 0 Å². The van der Waals surface area contributed by atoms with Crippen molar-refractivity contribution in [3.8, 4) is 0 Å². The maximum absolute atomic E-state index is 6.14. The zero-order chi connectivity index (χ0) is 12.3. The number of nitrogens with zero attached hydrogens (tertiary/aromatic N) is 3. The van der Waals surface area contributed by atoms with Gasteiger partial charge >= 0.3 is 0 Å². The van der Waals surface area contributed by atoms with Gasteiger partial charge in [-0.05, 0) is 19.3 Å². The minimum absolute atomic E-state index is 0.396. The summed E-state index contributed by atoms with van der Waals surface area (Å²) in [7, 11) is 0. The van der Waals surface area contributed by atoms with Crippen LogP contribution in [0, 0.1) is 5.92 Å². The van der Waals surface area contributed by atoms with E-state index in [0.717, 1.165) is 32.6 Å². The highest BCUT2D eigenvalue weighted by atomic mass is 15.2. The minimum atomic E-state index is 0.396. The van der Waals surface area contributed by atoms with Gasteiger partial charge in [0.2, 0.25) is 0 Å². The van der Waals surface area contributed by atoms with Crippen LogP contribution in [0.3, 0.4) is 0 Å². The summed E-state index contributed by atoms with van der Waals surface area (Å²) in [6.45, 7) is 8.66. The molecule has 0 amide bonds. The van der Waals surface area contributed by atoms with Gasteiger partial charge < -0.3 is 10.3 Å². The third-order valence-electron chi connectivity index (χ3n) is 3.93. The first kappa shape index (κ1) is 12.6. The first-order valence-electron chi connectivity index (χ1n) is 6.71. The molecule has 4 heteroatoms. The van der Waals surface area contributed by atoms with Crippen molar-refractivity contribution in [2.24, 2.45) is 11.7 Å². The summed E-state index contributed by atoms with van der Waals surface area (Å²) >= 11 is 0. The smallest absolute Gasteiger partial charge is 0.0948 e. The molecule has 1 aliphatic heterocycles. The quantitative estimate of drug-likeness (QED) is 0.861. The van der Waals surface area contributed by atoms with E-state index >= 15 is 0 Å². The van der Waals surface area contributed by atoms with Gasteiger partial charge in [-0.2, -0.15) is 0 Å². The molecule has 0 aliphatic carbocycles. The number of aryl methyl sites for hydroxylation is 1. The van der Waals surface area contributed by atoms with Gasteiger partial charge in [-0.15, -0.1) is 0 Å². The fourth-order valence-corrected chi connectivity index (χ4v) is 2.69. The van der Waals surface area contributed by atoms with E-state index in [1.54, 1.807) is 0 Å². The van der Waals surface area contributed by atoms with E-state index in [1.165, 1.54) is 12.1 Å². The molecule has 2 unspecified atom stereocenters. The molecule has 1 aliphatic rings. The molecule has 1 fully saturated rings. The highest BCUT2D eigenvalue weighted by molar-refractivity contribution is 4.99. The molecule has 1 saturated heterocycles. The lowest BCUT2D eigenvalue weighted by Gasteiger charge is -2.36. The van der Waals surface area contributed by atoms with Crippen molar-refractivity contribution in [1.29, 1.82) is 0 Å². The van der Waals surface area contributed by atoms with E-state index in [1.807, 2.05) is 12.5 Å². The van der Waals surface area contributed by atoms with Crippen molar-refractivity contribution in [2.75, 3.05) is 13.1 Å². The molecular formula is C13H24N4. The predicted molar refractivity (Wildman–Crippen MR) is 69.6 cm³/mol. The summed E-state index contributed by atoms with van der Waals surface area (Å²) < 4.78 is 2.22. The maximum atomic E-state index is 6.14. The average Bonchev–Trinajstić information content (AvgIpc) is 2.79. The highest BCUT2D eigenvalue weighted by Crippen LogP contribution is 2.20. The number of hydrogen-bond donors (Lipinski definition) is 1. The topological polar surface area (TPSA) is 47.1 Å². The van der Waals surface area contributed by atoms with Crippen molar-refractivity contribution in [3.05, 3.63) is 18.2 Å². The molecule has 2 atom stereocenters. The van der Waals surface area contributed by atoms with Crippen LogP contribution in [0.5, 0.6) is 0 Å². The van der Waals surface area contributed by atoms with Crippen LogP contribution in [0.15, 0.2) is 12.5 Å². The Balaban J connectivity index is 1.95. The SMILES string of the molecule is CCC1CN(Cc2cncn2CC)CCC1N. The van der Waals surface area contributed by atoms with Gasteiger partial charge in [0.1, 0.15) is 0 Å². The maximum Gasteiger partial charge on any atom is 0.0948 e. The number of aromatic nitrogens is 2. The average molecular weight is 236 g/mol. The lowest BCUT2D eigenvalue weighted by Crippen LogP contribution is -2.46. The van der Waals surface area contributed by atoms with Crippen LogP contribution in [-0.4, -0.2) is 33.6 Å². The molecule has 2 heterocycles. The summed E-state index contributed by atoms with van der Waals surface area (Å²) in [6, 6.07) is 0.396. The van der Waals surface area contributed by atoms with Gasteiger partial charge in [0.15, 0.2) is 0 Å². The molecule has 4 nitrogen and oxygen atoms in total. The lowest BCUT2D eigenvalue weighted by molar-refractivity contribution is 0.142. The van der Waals surface area contributed by atoms with Crippen LogP contribution in [0.4, 0.5) is 0 Å². The summed E-state index contributed by atoms with van der Waals surface area (Å²) in [5.74, 6) is 0.654. The molecule has 1 aromatic rings. The van der Waals surface area contributed by atoms with Crippen molar-refractivity contribution in [1.82, 2.24) is 14.5 Å². The Labute approximate surface area is 104 Å². The molecule has 0 saturated carbocycles. The largest absolute Gasteiger partial charge is 0.334 e. The fourth-order valence-electron chi connectivity index (χ4n) is 2.69. The van der Waals surface area contributed by atoms with Gasteiger partial charge in [-0.1, -0.05) is 13.3 Å². The molecule has 0 aromatic carbocycles. The summed E-state index contributed by atoms with van der Waals surface area (Å²) in [5, 5.41) is 0. The molecule has 1 aromatic heterocycles. The number of piperidine rings is 1. The molecular weight excluding hydrogens is 212 g/mol. The van der Waals surface area contributed by atoms with Gasteiger partial charge in [0, 0.05) is 38.4 Å². The summed E-state index contributed by atoms with van der Waals surface area (Å²) in [5.41, 5.74) is 7.45. The summed E-state index contributed by atoms with van der Waals surface area (Å²) in [4.78, 5) is 6.74. The molecule has 2 N–H and O–H groups in total. The zero-order valence-electron chi connectivity index (χ0n) is 11.0. The molecule has 2 rings (SSSR count). The van der Waals surface area contributed by atoms with E-state index in [9.17, 15) is 0 Å². The fraction of sp³-hybridized carbons (Fsp3) is 0.769. The number of imidazole rings is 1. The number of rotatable bonds is 4. The first-order chi connectivity index (χ1) is 8.24. The molecule has 17 heavy (non-hydrogen) atoms. The molecule has 0 radical (unpaired) electrons. The van der Waals surface area contributed by atoms with E-state index in [0.29, 0.717) is 12.0 Å². The first-order valence-corrected chi connectivity index (χ1v) is 6.71. The number of likely N-dealkylation sites (tertiary alicyclic amines) is 1. The lowest BCUT2D eigenvalue weighted by atomic mass is 9.91. The van der Waals surface area contributed by atoms with Crippen LogP contribution in [0.1, 0.15) is 32.4 Å². The van der Waals surface area contributed by atoms with Crippen LogP contribution < -0.4 is 5.73 Å². The van der Waals surface area contributed by atoms with E-state index in [2.05, 4.69) is 28.3 Å². The number of hydrogen-bond acceptors (Lipinski definition) is 3. The molecule has 0 spiro atoms. The third kappa shape index (κ3) is 2.87. The molecule has 0 bridgehead atoms. The van der Waals surface area contributed by atoms with Crippen LogP contribution in [0.2, 0.25) is 0 Å². The van der Waals surface area contributed by atoms with Crippen LogP contribution in [-0.2, 0) is 13.1 Å². The van der Waals surface area contributed by atoms with Crippen molar-refractivity contribution >= 4 is 0 Å². The second-order valence-electron chi connectivity index (χ2n) is 5.03. The Kier molecular flexibility index (Phi) is 4.18. The Morgan fingerprint density at radius 2 is 2.29 bits per heavy atom. The second-order valence-corrected chi connectivity index (χ2v) is 5.03. The zero-order valence-corrected chi connectivity index (χ0v) is 11.0. The normalized spacial score (nSPS) is 26.3. The Hall–Kier alpha value is -0.870. The Bertz CT molecular complexity index is 347. The molecule has 96 valence electrons. The number of nitrogens with two attached hydrogens (primary N) is 1. The third-order valence-corrected chi connectivity index (χ3v) is 3.93. The van der Waals surface area contributed by atoms with Crippen LogP contribution in [0.25, 0.3) is 0 Å². The Morgan fingerprint density at radius 1 is 1.47 bits per heavy atom. The summed E-state index contributed by atoms with van der Waals surface area (Å²) in [6.07, 6.45) is 6.21. The monoisotopic (exact) mass is 236 g/mol. The standard InChI is InChI=1S/C13H24N4/c1-3-11-8-16(6-5-13(11)14)9-12-7-15-10-17(12)4-2/h7,10-11,13H,3-6,8-9,14H2,1-2H3.